The van der Waals surface area contributed by atoms with Crippen molar-refractivity contribution in [2.75, 3.05) is 6.61 Å². The monoisotopic (exact) mass is 190 g/mol. The fourth-order valence-electron chi connectivity index (χ4n) is 0.404. The molecule has 0 aliphatic carbocycles. The Hall–Kier alpha value is -0.650. The van der Waals surface area contributed by atoms with Crippen molar-refractivity contribution in [3.8, 4) is 0 Å². The minimum atomic E-state index is -4.51. The number of hydrogen-bond acceptors (Lipinski definition) is 1. The highest BCUT2D eigenvalue weighted by atomic mass is 19.3. The molecule has 6 heteroatoms. The predicted octanol–water partition coefficient (Wildman–Crippen LogP) is 3.08. The van der Waals surface area contributed by atoms with Gasteiger partial charge in [-0.05, 0) is 6.42 Å². The first-order valence-corrected chi connectivity index (χ1v) is 3.14. The Morgan fingerprint density at radius 3 is 2.08 bits per heavy atom. The fourth-order valence-corrected chi connectivity index (χ4v) is 0.404. The van der Waals surface area contributed by atoms with Gasteiger partial charge in [0.05, 0.1) is 6.61 Å². The van der Waals surface area contributed by atoms with Crippen LogP contribution in [0.3, 0.4) is 0 Å². The molecular formula is C6H7F5O. The smallest absolute Gasteiger partial charge is 0.315 e. The van der Waals surface area contributed by atoms with Crippen LogP contribution in [-0.4, -0.2) is 12.7 Å². The van der Waals surface area contributed by atoms with Gasteiger partial charge in [-0.3, -0.25) is 0 Å². The average molecular weight is 190 g/mol. The van der Waals surface area contributed by atoms with Gasteiger partial charge in [0, 0.05) is 0 Å². The van der Waals surface area contributed by atoms with Crippen molar-refractivity contribution in [2.24, 2.45) is 0 Å². The predicted molar refractivity (Wildman–Crippen MR) is 31.5 cm³/mol. The van der Waals surface area contributed by atoms with Crippen molar-refractivity contribution in [3.05, 3.63) is 11.9 Å². The lowest BCUT2D eigenvalue weighted by atomic mass is 10.5. The third-order valence-corrected chi connectivity index (χ3v) is 0.909. The van der Waals surface area contributed by atoms with Crippen LogP contribution in [0.1, 0.15) is 13.3 Å². The molecule has 0 aromatic rings. The summed E-state index contributed by atoms with van der Waals surface area (Å²) in [5.41, 5.74) is 0. The first-order valence-electron chi connectivity index (χ1n) is 3.14. The van der Waals surface area contributed by atoms with Crippen molar-refractivity contribution < 1.29 is 26.7 Å². The molecule has 0 saturated heterocycles. The second-order valence-electron chi connectivity index (χ2n) is 1.94. The molecular weight excluding hydrogens is 183 g/mol. The Kier molecular flexibility index (Phi) is 4.16. The highest BCUT2D eigenvalue weighted by Gasteiger charge is 2.40. The molecule has 0 aliphatic heterocycles. The van der Waals surface area contributed by atoms with E-state index in [0.717, 1.165) is 0 Å². The van der Waals surface area contributed by atoms with Crippen LogP contribution in [0.2, 0.25) is 0 Å². The van der Waals surface area contributed by atoms with Gasteiger partial charge in [-0.15, -0.1) is 0 Å². The largest absolute Gasteiger partial charge is 0.414 e. The minimum absolute atomic E-state index is 0.191. The van der Waals surface area contributed by atoms with Gasteiger partial charge < -0.3 is 4.74 Å². The van der Waals surface area contributed by atoms with E-state index in [4.69, 9.17) is 0 Å². The molecule has 0 aliphatic rings. The Balaban J connectivity index is 4.29. The molecule has 0 rings (SSSR count). The van der Waals surface area contributed by atoms with Crippen LogP contribution in [-0.2, 0) is 4.74 Å². The number of alkyl halides is 2. The van der Waals surface area contributed by atoms with Crippen LogP contribution in [0.15, 0.2) is 11.9 Å². The van der Waals surface area contributed by atoms with E-state index in [1.807, 2.05) is 0 Å². The van der Waals surface area contributed by atoms with Crippen molar-refractivity contribution in [1.29, 1.82) is 0 Å². The second-order valence-corrected chi connectivity index (χ2v) is 1.94. The maximum absolute atomic E-state index is 12.1. The molecule has 0 N–H and O–H groups in total. The Morgan fingerprint density at radius 2 is 1.75 bits per heavy atom. The van der Waals surface area contributed by atoms with Crippen molar-refractivity contribution in [3.63, 3.8) is 0 Å². The summed E-state index contributed by atoms with van der Waals surface area (Å²) in [6.45, 7) is 1.01. The molecule has 12 heavy (non-hydrogen) atoms. The van der Waals surface area contributed by atoms with E-state index >= 15 is 0 Å². The number of halogens is 5. The highest BCUT2D eigenvalue weighted by Crippen LogP contribution is 2.30. The van der Waals surface area contributed by atoms with Crippen molar-refractivity contribution in [2.45, 2.75) is 19.5 Å². The summed E-state index contributed by atoms with van der Waals surface area (Å²) in [6.07, 6.45) is -7.37. The summed E-state index contributed by atoms with van der Waals surface area (Å²) >= 11 is 0. The van der Waals surface area contributed by atoms with Gasteiger partial charge in [0.25, 0.3) is 5.83 Å². The number of hydrogen-bond donors (Lipinski definition) is 0. The van der Waals surface area contributed by atoms with E-state index in [0.29, 0.717) is 0 Å². The van der Waals surface area contributed by atoms with E-state index in [1.165, 1.54) is 6.92 Å². The third kappa shape index (κ3) is 3.17. The second kappa shape index (κ2) is 4.39. The quantitative estimate of drug-likeness (QED) is 0.619. The summed E-state index contributed by atoms with van der Waals surface area (Å²) in [7, 11) is 0. The molecule has 0 aromatic carbocycles. The van der Waals surface area contributed by atoms with E-state index in [2.05, 4.69) is 4.74 Å². The molecule has 0 spiro atoms. The molecule has 72 valence electrons. The van der Waals surface area contributed by atoms with Gasteiger partial charge in [0.2, 0.25) is 0 Å². The molecule has 0 unspecified atom stereocenters. The first-order chi connectivity index (χ1) is 5.41. The summed E-state index contributed by atoms with van der Waals surface area (Å²) in [5.74, 6) is -2.82. The Morgan fingerprint density at radius 1 is 1.25 bits per heavy atom. The molecule has 0 atom stereocenters. The molecule has 0 fully saturated rings. The minimum Gasteiger partial charge on any atom is -0.315 e. The maximum atomic E-state index is 12.1. The Bertz CT molecular complexity index is 173. The van der Waals surface area contributed by atoms with Crippen molar-refractivity contribution in [1.82, 2.24) is 0 Å². The molecule has 0 aromatic heterocycles. The van der Waals surface area contributed by atoms with E-state index in [9.17, 15) is 22.0 Å². The molecule has 0 bridgehead atoms. The van der Waals surface area contributed by atoms with Crippen LogP contribution < -0.4 is 0 Å². The maximum Gasteiger partial charge on any atom is 0.414 e. The topological polar surface area (TPSA) is 9.23 Å². The molecule has 0 amide bonds. The van der Waals surface area contributed by atoms with Crippen LogP contribution in [0.4, 0.5) is 22.0 Å². The molecule has 1 nitrogen and oxygen atoms in total. The van der Waals surface area contributed by atoms with E-state index < -0.39 is 24.6 Å². The van der Waals surface area contributed by atoms with Gasteiger partial charge >= 0.3 is 12.2 Å². The third-order valence-electron chi connectivity index (χ3n) is 0.909. The molecule has 0 radical (unpaired) electrons. The zero-order valence-electron chi connectivity index (χ0n) is 6.21. The van der Waals surface area contributed by atoms with Crippen LogP contribution in [0.5, 0.6) is 0 Å². The standard InChI is InChI=1S/C6H7F5O/c1-2-3-12-6(10,11)4(7)5(8)9/h2-3H2,1H3. The summed E-state index contributed by atoms with van der Waals surface area (Å²) < 4.78 is 62.3. The Labute approximate surface area is 65.8 Å². The zero-order chi connectivity index (χ0) is 9.78. The van der Waals surface area contributed by atoms with E-state index in [-0.39, 0.29) is 6.42 Å². The normalized spacial score (nSPS) is 11.5. The summed E-state index contributed by atoms with van der Waals surface area (Å²) in [4.78, 5) is 0. The summed E-state index contributed by atoms with van der Waals surface area (Å²) in [6, 6.07) is 0. The fraction of sp³-hybridized carbons (Fsp3) is 0.667. The number of rotatable bonds is 4. The lowest BCUT2D eigenvalue weighted by molar-refractivity contribution is -0.222. The lowest BCUT2D eigenvalue weighted by Crippen LogP contribution is -2.22. The highest BCUT2D eigenvalue weighted by molar-refractivity contribution is 4.99. The zero-order valence-corrected chi connectivity index (χ0v) is 6.21. The number of ether oxygens (including phenoxy) is 1. The van der Waals surface area contributed by atoms with Gasteiger partial charge in [-0.2, -0.15) is 22.0 Å². The van der Waals surface area contributed by atoms with Crippen LogP contribution >= 0.6 is 0 Å². The van der Waals surface area contributed by atoms with E-state index in [1.54, 1.807) is 0 Å². The van der Waals surface area contributed by atoms with Crippen molar-refractivity contribution >= 4 is 0 Å². The van der Waals surface area contributed by atoms with Gasteiger partial charge in [0.1, 0.15) is 0 Å². The van der Waals surface area contributed by atoms with Gasteiger partial charge in [-0.1, -0.05) is 6.92 Å². The summed E-state index contributed by atoms with van der Waals surface area (Å²) in [5, 5.41) is 0. The molecule has 0 saturated carbocycles. The lowest BCUT2D eigenvalue weighted by Gasteiger charge is -2.12. The average Bonchev–Trinajstić information content (AvgIpc) is 1.99. The van der Waals surface area contributed by atoms with Gasteiger partial charge in [-0.25, -0.2) is 0 Å². The SMILES string of the molecule is CCCOC(F)(F)C(F)=C(F)F. The molecule has 0 heterocycles. The van der Waals surface area contributed by atoms with Gasteiger partial charge in [0.15, 0.2) is 0 Å². The van der Waals surface area contributed by atoms with Crippen LogP contribution in [0, 0.1) is 0 Å². The first kappa shape index (κ1) is 11.4. The van der Waals surface area contributed by atoms with Crippen LogP contribution in [0.25, 0.3) is 0 Å².